The van der Waals surface area contributed by atoms with E-state index in [-0.39, 0.29) is 12.7 Å². The lowest BCUT2D eigenvalue weighted by atomic mass is 10.1. The molecule has 1 aromatic heterocycles. The largest absolute Gasteiger partial charge is 0.454 e. The Bertz CT molecular complexity index is 843. The number of aromatic nitrogens is 1. The molecule has 1 saturated heterocycles. The number of fused-ring (bicyclic) bond motifs is 1. The third-order valence-corrected chi connectivity index (χ3v) is 5.37. The van der Waals surface area contributed by atoms with E-state index < -0.39 is 0 Å². The first-order chi connectivity index (χ1) is 14.2. The van der Waals surface area contributed by atoms with E-state index >= 15 is 0 Å². The molecule has 3 heterocycles. The van der Waals surface area contributed by atoms with Crippen LogP contribution < -0.4 is 9.47 Å². The van der Waals surface area contributed by atoms with Gasteiger partial charge in [-0.25, -0.2) is 0 Å². The quantitative estimate of drug-likeness (QED) is 0.690. The number of morpholine rings is 1. The Hall–Kier alpha value is -2.35. The van der Waals surface area contributed by atoms with Crippen LogP contribution in [0.5, 0.6) is 11.5 Å². The Morgan fingerprint density at radius 3 is 2.76 bits per heavy atom. The molecule has 1 fully saturated rings. The average molecular weight is 418 g/mol. The Kier molecular flexibility index (Phi) is 6.49. The maximum Gasteiger partial charge on any atom is 0.254 e. The normalized spacial score (nSPS) is 16.0. The zero-order chi connectivity index (χ0) is 20.1. The van der Waals surface area contributed by atoms with E-state index in [0.717, 1.165) is 44.8 Å². The fraction of sp³-hybridized carbons (Fsp3) is 0.429. The van der Waals surface area contributed by atoms with Crippen molar-refractivity contribution in [2.45, 2.75) is 13.0 Å². The van der Waals surface area contributed by atoms with Crippen molar-refractivity contribution in [3.8, 4) is 11.5 Å². The summed E-state index contributed by atoms with van der Waals surface area (Å²) in [6.07, 6.45) is 4.36. The molecule has 0 atom stereocenters. The van der Waals surface area contributed by atoms with Crippen LogP contribution in [0.25, 0.3) is 0 Å². The monoisotopic (exact) mass is 417 g/mol. The van der Waals surface area contributed by atoms with E-state index in [0.29, 0.717) is 35.2 Å². The number of rotatable bonds is 7. The van der Waals surface area contributed by atoms with E-state index in [9.17, 15) is 4.79 Å². The van der Waals surface area contributed by atoms with Crippen LogP contribution in [0.1, 0.15) is 22.3 Å². The maximum atomic E-state index is 13.3. The van der Waals surface area contributed by atoms with Crippen molar-refractivity contribution in [2.24, 2.45) is 0 Å². The maximum absolute atomic E-state index is 13.3. The highest BCUT2D eigenvalue weighted by molar-refractivity contribution is 6.32. The van der Waals surface area contributed by atoms with Gasteiger partial charge in [-0.15, -0.1) is 0 Å². The summed E-state index contributed by atoms with van der Waals surface area (Å²) in [4.78, 5) is 21.6. The summed E-state index contributed by atoms with van der Waals surface area (Å²) in [6.45, 7) is 5.64. The van der Waals surface area contributed by atoms with Crippen molar-refractivity contribution in [3.63, 3.8) is 0 Å². The summed E-state index contributed by atoms with van der Waals surface area (Å²) in [5.74, 6) is 0.929. The van der Waals surface area contributed by atoms with Gasteiger partial charge in [0.1, 0.15) is 0 Å². The lowest BCUT2D eigenvalue weighted by molar-refractivity contribution is 0.0355. The Morgan fingerprint density at radius 1 is 1.17 bits per heavy atom. The first kappa shape index (κ1) is 19.9. The highest BCUT2D eigenvalue weighted by Gasteiger charge is 2.24. The van der Waals surface area contributed by atoms with E-state index in [4.69, 9.17) is 25.8 Å². The Balaban J connectivity index is 1.47. The SMILES string of the molecule is O=C(c1cc(Cl)c2c(c1)OCO2)N(CCCN1CCOCC1)Cc1ccncc1. The fourth-order valence-electron chi connectivity index (χ4n) is 3.54. The standard InChI is InChI=1S/C21H24ClN3O4/c22-18-12-17(13-19-20(18)29-15-28-19)21(26)25(14-16-2-4-23-5-3-16)7-1-6-24-8-10-27-11-9-24/h2-5,12-13H,1,6-11,14-15H2. The number of halogens is 1. The minimum Gasteiger partial charge on any atom is -0.454 e. The number of carbonyl (C=O) groups excluding carboxylic acids is 1. The van der Waals surface area contributed by atoms with Crippen LogP contribution in [0.15, 0.2) is 36.7 Å². The van der Waals surface area contributed by atoms with Crippen LogP contribution in [-0.4, -0.2) is 66.9 Å². The molecule has 0 saturated carbocycles. The second-order valence-electron chi connectivity index (χ2n) is 7.08. The van der Waals surface area contributed by atoms with Gasteiger partial charge in [-0.1, -0.05) is 11.6 Å². The molecular weight excluding hydrogens is 394 g/mol. The van der Waals surface area contributed by atoms with Gasteiger partial charge in [-0.05, 0) is 36.2 Å². The van der Waals surface area contributed by atoms with E-state index in [1.54, 1.807) is 24.5 Å². The van der Waals surface area contributed by atoms with Gasteiger partial charge in [0, 0.05) is 50.7 Å². The molecule has 2 aliphatic heterocycles. The Morgan fingerprint density at radius 2 is 1.97 bits per heavy atom. The molecule has 1 amide bonds. The third kappa shape index (κ3) is 4.98. The second kappa shape index (κ2) is 9.43. The summed E-state index contributed by atoms with van der Waals surface area (Å²) in [5, 5.41) is 0.389. The van der Waals surface area contributed by atoms with Gasteiger partial charge in [-0.3, -0.25) is 14.7 Å². The Labute approximate surface area is 175 Å². The summed E-state index contributed by atoms with van der Waals surface area (Å²) >= 11 is 6.29. The van der Waals surface area contributed by atoms with Crippen molar-refractivity contribution in [1.29, 1.82) is 0 Å². The zero-order valence-electron chi connectivity index (χ0n) is 16.2. The van der Waals surface area contributed by atoms with Crippen molar-refractivity contribution in [1.82, 2.24) is 14.8 Å². The van der Waals surface area contributed by atoms with Crippen LogP contribution in [0, 0.1) is 0 Å². The van der Waals surface area contributed by atoms with Crippen LogP contribution in [0.4, 0.5) is 0 Å². The van der Waals surface area contributed by atoms with Gasteiger partial charge < -0.3 is 19.1 Å². The molecule has 0 unspecified atom stereocenters. The number of pyridine rings is 1. The number of nitrogens with zero attached hydrogens (tertiary/aromatic N) is 3. The summed E-state index contributed by atoms with van der Waals surface area (Å²) in [5.41, 5.74) is 1.53. The number of hydrogen-bond donors (Lipinski definition) is 0. The lowest BCUT2D eigenvalue weighted by Crippen LogP contribution is -2.39. The summed E-state index contributed by atoms with van der Waals surface area (Å²) in [7, 11) is 0. The number of hydrogen-bond acceptors (Lipinski definition) is 6. The highest BCUT2D eigenvalue weighted by Crippen LogP contribution is 2.40. The molecule has 1 aromatic carbocycles. The van der Waals surface area contributed by atoms with Crippen LogP contribution >= 0.6 is 11.6 Å². The molecule has 2 aliphatic rings. The van der Waals surface area contributed by atoms with Crippen molar-refractivity contribution in [3.05, 3.63) is 52.8 Å². The lowest BCUT2D eigenvalue weighted by Gasteiger charge is -2.28. The van der Waals surface area contributed by atoms with Crippen LogP contribution in [0.3, 0.4) is 0 Å². The minimum atomic E-state index is -0.0796. The first-order valence-corrected chi connectivity index (χ1v) is 10.2. The van der Waals surface area contributed by atoms with Crippen molar-refractivity contribution < 1.29 is 19.0 Å². The molecule has 8 heteroatoms. The first-order valence-electron chi connectivity index (χ1n) is 9.78. The van der Waals surface area contributed by atoms with Gasteiger partial charge >= 0.3 is 0 Å². The second-order valence-corrected chi connectivity index (χ2v) is 7.49. The fourth-order valence-corrected chi connectivity index (χ4v) is 3.81. The zero-order valence-corrected chi connectivity index (χ0v) is 16.9. The predicted molar refractivity (Wildman–Crippen MR) is 108 cm³/mol. The molecule has 7 nitrogen and oxygen atoms in total. The smallest absolute Gasteiger partial charge is 0.254 e. The molecular formula is C21H24ClN3O4. The molecule has 29 heavy (non-hydrogen) atoms. The number of ether oxygens (including phenoxy) is 3. The summed E-state index contributed by atoms with van der Waals surface area (Å²) < 4.78 is 16.2. The van der Waals surface area contributed by atoms with Gasteiger partial charge in [0.05, 0.1) is 18.2 Å². The van der Waals surface area contributed by atoms with E-state index in [1.807, 2.05) is 17.0 Å². The molecule has 2 aromatic rings. The van der Waals surface area contributed by atoms with Crippen LogP contribution in [0.2, 0.25) is 5.02 Å². The number of benzene rings is 1. The molecule has 0 bridgehead atoms. The minimum absolute atomic E-state index is 0.0796. The molecule has 0 N–H and O–H groups in total. The highest BCUT2D eigenvalue weighted by atomic mass is 35.5. The summed E-state index contributed by atoms with van der Waals surface area (Å²) in [6, 6.07) is 7.21. The van der Waals surface area contributed by atoms with E-state index in [2.05, 4.69) is 9.88 Å². The molecule has 4 rings (SSSR count). The molecule has 0 spiro atoms. The number of amides is 1. The predicted octanol–water partition coefficient (Wildman–Crippen LogP) is 2.83. The van der Waals surface area contributed by atoms with Gasteiger partial charge in [0.15, 0.2) is 11.5 Å². The van der Waals surface area contributed by atoms with Crippen molar-refractivity contribution >= 4 is 17.5 Å². The van der Waals surface area contributed by atoms with Gasteiger partial charge in [0.25, 0.3) is 5.91 Å². The van der Waals surface area contributed by atoms with Gasteiger partial charge in [0.2, 0.25) is 6.79 Å². The average Bonchev–Trinajstić information content (AvgIpc) is 3.23. The van der Waals surface area contributed by atoms with Crippen molar-refractivity contribution in [2.75, 3.05) is 46.2 Å². The molecule has 154 valence electrons. The molecule has 0 radical (unpaired) electrons. The molecule has 0 aliphatic carbocycles. The topological polar surface area (TPSA) is 64.1 Å². The van der Waals surface area contributed by atoms with Gasteiger partial charge in [-0.2, -0.15) is 0 Å². The van der Waals surface area contributed by atoms with Crippen LogP contribution in [-0.2, 0) is 11.3 Å². The number of carbonyl (C=O) groups is 1. The third-order valence-electron chi connectivity index (χ3n) is 5.09. The van der Waals surface area contributed by atoms with E-state index in [1.165, 1.54) is 0 Å².